The van der Waals surface area contributed by atoms with Crippen LogP contribution < -0.4 is 10.9 Å². The normalized spacial score (nSPS) is 14.6. The van der Waals surface area contributed by atoms with E-state index in [0.717, 1.165) is 30.5 Å². The molecule has 0 bridgehead atoms. The van der Waals surface area contributed by atoms with E-state index in [-0.39, 0.29) is 29.5 Å². The number of pyridine rings is 2. The van der Waals surface area contributed by atoms with Gasteiger partial charge in [-0.1, -0.05) is 0 Å². The summed E-state index contributed by atoms with van der Waals surface area (Å²) in [7, 11) is 1.58. The molecule has 0 aliphatic heterocycles. The summed E-state index contributed by atoms with van der Waals surface area (Å²) >= 11 is 0. The van der Waals surface area contributed by atoms with Crippen molar-refractivity contribution in [2.75, 3.05) is 0 Å². The monoisotopic (exact) mass is 582 g/mol. The van der Waals surface area contributed by atoms with Crippen LogP contribution in [0, 0.1) is 18.7 Å². The third-order valence-corrected chi connectivity index (χ3v) is 6.91. The number of nitrogens with zero attached hydrogens (tertiary/aromatic N) is 5. The first-order valence-corrected chi connectivity index (χ1v) is 13.0. The molecule has 1 unspecified atom stereocenters. The van der Waals surface area contributed by atoms with Gasteiger partial charge in [-0.05, 0) is 79.3 Å². The Morgan fingerprint density at radius 2 is 1.90 bits per heavy atom. The minimum absolute atomic E-state index is 0.0449. The molecule has 2 N–H and O–H groups in total. The largest absolute Gasteiger partial charge is 0.463 e. The van der Waals surface area contributed by atoms with Crippen LogP contribution in [0.25, 0.3) is 11.3 Å². The molecule has 1 aromatic carbocycles. The van der Waals surface area contributed by atoms with Crippen molar-refractivity contribution in [3.8, 4) is 11.3 Å². The molecule has 9 nitrogen and oxygen atoms in total. The first-order chi connectivity index (χ1) is 19.9. The van der Waals surface area contributed by atoms with Gasteiger partial charge in [0, 0.05) is 31.2 Å². The summed E-state index contributed by atoms with van der Waals surface area (Å²) < 4.78 is 58.6. The van der Waals surface area contributed by atoms with Gasteiger partial charge in [-0.25, -0.2) is 14.2 Å². The molecule has 1 atom stereocenters. The van der Waals surface area contributed by atoms with Crippen LogP contribution in [0.4, 0.5) is 22.4 Å². The molecular formula is C29H26F4N6O3. The molecule has 5 rings (SSSR count). The number of rotatable bonds is 7. The molecule has 218 valence electrons. The van der Waals surface area contributed by atoms with Crippen LogP contribution in [-0.2, 0) is 19.8 Å². The molecule has 0 spiro atoms. The van der Waals surface area contributed by atoms with Crippen molar-refractivity contribution in [2.24, 2.45) is 18.0 Å². The van der Waals surface area contributed by atoms with Crippen LogP contribution in [-0.4, -0.2) is 36.2 Å². The summed E-state index contributed by atoms with van der Waals surface area (Å²) in [5, 5.41) is 12.1. The van der Waals surface area contributed by atoms with E-state index in [1.807, 2.05) is 19.1 Å². The maximum atomic E-state index is 13.9. The van der Waals surface area contributed by atoms with Crippen molar-refractivity contribution in [2.45, 2.75) is 38.5 Å². The lowest BCUT2D eigenvalue weighted by atomic mass is 10.0. The average molecular weight is 583 g/mol. The second kappa shape index (κ2) is 11.2. The van der Waals surface area contributed by atoms with Crippen LogP contribution in [0.5, 0.6) is 0 Å². The zero-order valence-corrected chi connectivity index (χ0v) is 22.6. The molecular weight excluding hydrogens is 556 g/mol. The number of alkyl halides is 3. The SMILES string of the molecule is Cc1ccnc(C(NC(=O)c2cc(Cn3ccn(C)/c3=N/C(=O)O)cc(-c3ccc(F)cc3C(F)(F)F)n2)C2CC2)c1. The molecule has 1 fully saturated rings. The second-order valence-electron chi connectivity index (χ2n) is 10.2. The fraction of sp³-hybridized carbons (Fsp3) is 0.276. The maximum Gasteiger partial charge on any atom is 0.434 e. The molecule has 42 heavy (non-hydrogen) atoms. The van der Waals surface area contributed by atoms with Gasteiger partial charge in [0.1, 0.15) is 11.5 Å². The number of halogens is 4. The summed E-state index contributed by atoms with van der Waals surface area (Å²) in [6.45, 7) is 1.86. The fourth-order valence-electron chi connectivity index (χ4n) is 4.78. The highest BCUT2D eigenvalue weighted by molar-refractivity contribution is 5.93. The fourth-order valence-corrected chi connectivity index (χ4v) is 4.78. The summed E-state index contributed by atoms with van der Waals surface area (Å²) in [4.78, 5) is 37.1. The standard InChI is InChI=1S/C29H26F4N6O3/c1-16-7-8-34-23(11-16)25(18-3-4-18)36-26(40)24-13-17(15-39-10-9-38(2)27(39)37-28(41)42)12-22(35-24)20-6-5-19(30)14-21(20)29(31,32)33/h5-14,18,25H,3-4,15H2,1-2H3,(H,36,40)(H,41,42)/b37-27-. The van der Waals surface area contributed by atoms with Crippen molar-refractivity contribution in [3.05, 3.63) is 101 Å². The van der Waals surface area contributed by atoms with Crippen LogP contribution in [0.15, 0.2) is 66.0 Å². The second-order valence-corrected chi connectivity index (χ2v) is 10.2. The first kappa shape index (κ1) is 28.7. The Balaban J connectivity index is 1.60. The van der Waals surface area contributed by atoms with E-state index in [0.29, 0.717) is 17.3 Å². The number of carboxylic acid groups (broad SMARTS) is 1. The van der Waals surface area contributed by atoms with E-state index < -0.39 is 41.2 Å². The van der Waals surface area contributed by atoms with Gasteiger partial charge >= 0.3 is 12.3 Å². The number of benzene rings is 1. The molecule has 2 amide bonds. The molecule has 0 saturated heterocycles. The van der Waals surface area contributed by atoms with Gasteiger partial charge in [-0.2, -0.15) is 13.2 Å². The molecule has 3 heterocycles. The zero-order valence-electron chi connectivity index (χ0n) is 22.6. The van der Waals surface area contributed by atoms with E-state index >= 15 is 0 Å². The lowest BCUT2D eigenvalue weighted by Gasteiger charge is -2.19. The van der Waals surface area contributed by atoms with Crippen molar-refractivity contribution < 1.29 is 32.3 Å². The van der Waals surface area contributed by atoms with E-state index in [4.69, 9.17) is 0 Å². The van der Waals surface area contributed by atoms with Gasteiger partial charge in [-0.3, -0.25) is 9.78 Å². The number of aryl methyl sites for hydroxylation is 2. The molecule has 0 radical (unpaired) electrons. The molecule has 1 saturated carbocycles. The van der Waals surface area contributed by atoms with Gasteiger partial charge in [0.25, 0.3) is 5.91 Å². The Hall–Kier alpha value is -4.81. The summed E-state index contributed by atoms with van der Waals surface area (Å²) in [6.07, 6.45) is 0.189. The Labute approximate surface area is 237 Å². The van der Waals surface area contributed by atoms with Gasteiger partial charge in [0.2, 0.25) is 5.62 Å². The number of carbonyl (C=O) groups excluding carboxylic acids is 1. The number of aromatic nitrogens is 4. The molecule has 13 heteroatoms. The lowest BCUT2D eigenvalue weighted by Crippen LogP contribution is -2.31. The summed E-state index contributed by atoms with van der Waals surface area (Å²) in [5.41, 5.74) is 0.0166. The van der Waals surface area contributed by atoms with Crippen LogP contribution in [0.2, 0.25) is 0 Å². The third kappa shape index (κ3) is 6.40. The number of hydrogen-bond acceptors (Lipinski definition) is 4. The smallest absolute Gasteiger partial charge is 0.434 e. The Morgan fingerprint density at radius 3 is 2.57 bits per heavy atom. The van der Waals surface area contributed by atoms with E-state index in [1.54, 1.807) is 25.6 Å². The van der Waals surface area contributed by atoms with E-state index in [9.17, 15) is 32.3 Å². The van der Waals surface area contributed by atoms with Crippen molar-refractivity contribution >= 4 is 12.0 Å². The van der Waals surface area contributed by atoms with Gasteiger partial charge < -0.3 is 19.6 Å². The predicted molar refractivity (Wildman–Crippen MR) is 143 cm³/mol. The van der Waals surface area contributed by atoms with Crippen LogP contribution in [0.3, 0.4) is 0 Å². The van der Waals surface area contributed by atoms with Crippen molar-refractivity contribution in [3.63, 3.8) is 0 Å². The first-order valence-electron chi connectivity index (χ1n) is 13.0. The number of hydrogen-bond donors (Lipinski definition) is 2. The molecule has 1 aliphatic carbocycles. The molecule has 4 aromatic rings. The average Bonchev–Trinajstić information content (AvgIpc) is 3.71. The maximum absolute atomic E-state index is 13.9. The van der Waals surface area contributed by atoms with E-state index in [1.165, 1.54) is 21.3 Å². The lowest BCUT2D eigenvalue weighted by molar-refractivity contribution is -0.137. The number of amides is 2. The molecule has 3 aromatic heterocycles. The number of nitrogens with one attached hydrogen (secondary N) is 1. The summed E-state index contributed by atoms with van der Waals surface area (Å²) in [6, 6.07) is 8.29. The number of imidazole rings is 1. The Bertz CT molecular complexity index is 1740. The zero-order chi connectivity index (χ0) is 30.2. The van der Waals surface area contributed by atoms with E-state index in [2.05, 4.69) is 20.3 Å². The topological polar surface area (TPSA) is 114 Å². The Morgan fingerprint density at radius 1 is 1.14 bits per heavy atom. The minimum atomic E-state index is -4.90. The van der Waals surface area contributed by atoms with Crippen LogP contribution >= 0.6 is 0 Å². The van der Waals surface area contributed by atoms with Gasteiger partial charge in [-0.15, -0.1) is 4.99 Å². The summed E-state index contributed by atoms with van der Waals surface area (Å²) in [5.74, 6) is -1.54. The third-order valence-electron chi connectivity index (χ3n) is 6.91. The number of carbonyl (C=O) groups is 2. The van der Waals surface area contributed by atoms with Gasteiger partial charge in [0.15, 0.2) is 0 Å². The molecule has 1 aliphatic rings. The Kier molecular flexibility index (Phi) is 7.67. The minimum Gasteiger partial charge on any atom is -0.463 e. The van der Waals surface area contributed by atoms with Crippen LogP contribution in [0.1, 0.15) is 51.8 Å². The highest BCUT2D eigenvalue weighted by atomic mass is 19.4. The highest BCUT2D eigenvalue weighted by Crippen LogP contribution is 2.41. The van der Waals surface area contributed by atoms with Crippen molar-refractivity contribution in [1.29, 1.82) is 0 Å². The predicted octanol–water partition coefficient (Wildman–Crippen LogP) is 5.26. The van der Waals surface area contributed by atoms with Gasteiger partial charge in [0.05, 0.1) is 29.5 Å². The quantitative estimate of drug-likeness (QED) is 0.289. The highest BCUT2D eigenvalue weighted by Gasteiger charge is 2.36. The van der Waals surface area contributed by atoms with Crippen molar-refractivity contribution in [1.82, 2.24) is 24.4 Å².